The Hall–Kier alpha value is -3.35. The molecular weight excluding hydrogens is 420 g/mol. The van der Waals surface area contributed by atoms with E-state index in [0.717, 1.165) is 28.7 Å². The van der Waals surface area contributed by atoms with Crippen LogP contribution in [0.25, 0.3) is 11.1 Å². The second-order valence-electron chi connectivity index (χ2n) is 8.51. The number of carbonyl (C=O) groups excluding carboxylic acids is 2. The standard InChI is InChI=1S/C26H32N2O5/c1-3-9-23(25(31)27-17(2)10-8-15-24(29)30)28-26(32)33-16-22-20-13-6-4-11-18(20)19-12-5-7-14-21(19)22/h4-7,11-14,17,22-23H,3,8-10,15-16H2,1-2H3,(H,27,31)(H,28,32)(H,29,30). The van der Waals surface area contributed by atoms with Crippen LogP contribution >= 0.6 is 0 Å². The smallest absolute Gasteiger partial charge is 0.407 e. The van der Waals surface area contributed by atoms with Gasteiger partial charge < -0.3 is 20.5 Å². The lowest BCUT2D eigenvalue weighted by Crippen LogP contribution is -2.49. The maximum absolute atomic E-state index is 12.7. The van der Waals surface area contributed by atoms with E-state index < -0.39 is 18.1 Å². The molecule has 1 aliphatic carbocycles. The molecule has 0 aromatic heterocycles. The number of hydrogen-bond donors (Lipinski definition) is 3. The number of carboxylic acids is 1. The van der Waals surface area contributed by atoms with Gasteiger partial charge in [0.25, 0.3) is 0 Å². The molecule has 33 heavy (non-hydrogen) atoms. The van der Waals surface area contributed by atoms with Crippen LogP contribution < -0.4 is 10.6 Å². The SMILES string of the molecule is CCCC(NC(=O)OCC1c2ccccc2-c2ccccc21)C(=O)NC(C)CCCC(=O)O. The zero-order valence-electron chi connectivity index (χ0n) is 19.2. The van der Waals surface area contributed by atoms with Crippen LogP contribution in [0.3, 0.4) is 0 Å². The van der Waals surface area contributed by atoms with Crippen molar-refractivity contribution in [3.05, 3.63) is 59.7 Å². The molecule has 0 spiro atoms. The zero-order chi connectivity index (χ0) is 23.8. The van der Waals surface area contributed by atoms with Gasteiger partial charge >= 0.3 is 12.1 Å². The fourth-order valence-corrected chi connectivity index (χ4v) is 4.31. The number of fused-ring (bicyclic) bond motifs is 3. The molecule has 2 unspecified atom stereocenters. The van der Waals surface area contributed by atoms with Crippen LogP contribution in [-0.4, -0.2) is 41.8 Å². The van der Waals surface area contributed by atoms with E-state index in [4.69, 9.17) is 9.84 Å². The molecule has 176 valence electrons. The van der Waals surface area contributed by atoms with E-state index in [9.17, 15) is 14.4 Å². The van der Waals surface area contributed by atoms with E-state index in [1.54, 1.807) is 0 Å². The average Bonchev–Trinajstić information content (AvgIpc) is 3.11. The third kappa shape index (κ3) is 6.34. The molecule has 2 aromatic carbocycles. The summed E-state index contributed by atoms with van der Waals surface area (Å²) in [5.74, 6) is -1.18. The number of ether oxygens (including phenoxy) is 1. The van der Waals surface area contributed by atoms with Gasteiger partial charge in [0.2, 0.25) is 5.91 Å². The van der Waals surface area contributed by atoms with Crippen LogP contribution in [0.2, 0.25) is 0 Å². The van der Waals surface area contributed by atoms with Gasteiger partial charge in [-0.05, 0) is 48.4 Å². The molecule has 7 nitrogen and oxygen atoms in total. The first kappa shape index (κ1) is 24.3. The quantitative estimate of drug-likeness (QED) is 0.467. The van der Waals surface area contributed by atoms with Gasteiger partial charge in [0.15, 0.2) is 0 Å². The predicted molar refractivity (Wildman–Crippen MR) is 126 cm³/mol. The largest absolute Gasteiger partial charge is 0.481 e. The van der Waals surface area contributed by atoms with E-state index in [2.05, 4.69) is 34.9 Å². The highest BCUT2D eigenvalue weighted by molar-refractivity contribution is 5.86. The molecule has 0 radical (unpaired) electrons. The average molecular weight is 453 g/mol. The zero-order valence-corrected chi connectivity index (χ0v) is 19.2. The summed E-state index contributed by atoms with van der Waals surface area (Å²) in [4.78, 5) is 35.9. The molecule has 0 fully saturated rings. The first-order valence-electron chi connectivity index (χ1n) is 11.5. The topological polar surface area (TPSA) is 105 Å². The highest BCUT2D eigenvalue weighted by atomic mass is 16.5. The van der Waals surface area contributed by atoms with Gasteiger partial charge in [-0.25, -0.2) is 4.79 Å². The Morgan fingerprint density at radius 3 is 2.15 bits per heavy atom. The molecule has 0 heterocycles. The van der Waals surface area contributed by atoms with Gasteiger partial charge in [-0.3, -0.25) is 9.59 Å². The van der Waals surface area contributed by atoms with Crippen molar-refractivity contribution in [2.45, 2.75) is 64.0 Å². The third-order valence-electron chi connectivity index (χ3n) is 5.95. The highest BCUT2D eigenvalue weighted by Gasteiger charge is 2.29. The van der Waals surface area contributed by atoms with Crippen molar-refractivity contribution in [2.24, 2.45) is 0 Å². The Morgan fingerprint density at radius 1 is 0.970 bits per heavy atom. The minimum atomic E-state index is -0.852. The lowest BCUT2D eigenvalue weighted by Gasteiger charge is -2.21. The minimum Gasteiger partial charge on any atom is -0.481 e. The first-order valence-corrected chi connectivity index (χ1v) is 11.5. The molecule has 1 aliphatic rings. The summed E-state index contributed by atoms with van der Waals surface area (Å²) >= 11 is 0. The van der Waals surface area contributed by atoms with E-state index in [1.807, 2.05) is 38.1 Å². The maximum atomic E-state index is 12.7. The van der Waals surface area contributed by atoms with E-state index in [0.29, 0.717) is 19.3 Å². The van der Waals surface area contributed by atoms with Crippen LogP contribution in [-0.2, 0) is 14.3 Å². The molecule has 2 atom stereocenters. The van der Waals surface area contributed by atoms with Gasteiger partial charge in [0.05, 0.1) is 0 Å². The number of carboxylic acid groups (broad SMARTS) is 1. The summed E-state index contributed by atoms with van der Waals surface area (Å²) in [5, 5.41) is 14.3. The van der Waals surface area contributed by atoms with Crippen molar-refractivity contribution < 1.29 is 24.2 Å². The number of aliphatic carboxylic acids is 1. The summed E-state index contributed by atoms with van der Waals surface area (Å²) in [5.41, 5.74) is 4.57. The van der Waals surface area contributed by atoms with Crippen LogP contribution in [0, 0.1) is 0 Å². The summed E-state index contributed by atoms with van der Waals surface area (Å²) in [6.07, 6.45) is 1.68. The Kier molecular flexibility index (Phi) is 8.46. The number of nitrogens with one attached hydrogen (secondary N) is 2. The summed E-state index contributed by atoms with van der Waals surface area (Å²) in [7, 11) is 0. The van der Waals surface area contributed by atoms with Crippen LogP contribution in [0.15, 0.2) is 48.5 Å². The fraction of sp³-hybridized carbons (Fsp3) is 0.423. The Bertz CT molecular complexity index is 945. The number of carbonyl (C=O) groups is 3. The van der Waals surface area contributed by atoms with Gasteiger partial charge in [-0.15, -0.1) is 0 Å². The summed E-state index contributed by atoms with van der Waals surface area (Å²) in [6, 6.07) is 15.4. The Labute approximate surface area is 194 Å². The molecule has 0 saturated carbocycles. The minimum absolute atomic E-state index is 0.0455. The molecule has 3 N–H and O–H groups in total. The third-order valence-corrected chi connectivity index (χ3v) is 5.95. The van der Waals surface area contributed by atoms with E-state index in [-0.39, 0.29) is 30.9 Å². The lowest BCUT2D eigenvalue weighted by molar-refractivity contribution is -0.137. The van der Waals surface area contributed by atoms with Crippen LogP contribution in [0.5, 0.6) is 0 Å². The number of rotatable bonds is 11. The molecule has 3 rings (SSSR count). The van der Waals surface area contributed by atoms with Crippen molar-refractivity contribution >= 4 is 18.0 Å². The molecular formula is C26H32N2O5. The molecule has 2 amide bonds. The second kappa shape index (κ2) is 11.5. The summed E-state index contributed by atoms with van der Waals surface area (Å²) in [6.45, 7) is 3.96. The van der Waals surface area contributed by atoms with Gasteiger partial charge in [-0.2, -0.15) is 0 Å². The molecule has 0 bridgehead atoms. The Balaban J connectivity index is 1.56. The van der Waals surface area contributed by atoms with Crippen LogP contribution in [0.1, 0.15) is 63.0 Å². The van der Waals surface area contributed by atoms with E-state index >= 15 is 0 Å². The molecule has 0 aliphatic heterocycles. The molecule has 7 heteroatoms. The highest BCUT2D eigenvalue weighted by Crippen LogP contribution is 2.44. The van der Waals surface area contributed by atoms with Gasteiger partial charge in [0.1, 0.15) is 12.6 Å². The van der Waals surface area contributed by atoms with Crippen molar-refractivity contribution in [2.75, 3.05) is 6.61 Å². The summed E-state index contributed by atoms with van der Waals surface area (Å²) < 4.78 is 5.57. The fourth-order valence-electron chi connectivity index (χ4n) is 4.31. The first-order chi connectivity index (χ1) is 15.9. The predicted octanol–water partition coefficient (Wildman–Crippen LogP) is 4.45. The monoisotopic (exact) mass is 452 g/mol. The lowest BCUT2D eigenvalue weighted by atomic mass is 9.98. The molecule has 2 aromatic rings. The van der Waals surface area contributed by atoms with Gasteiger partial charge in [-0.1, -0.05) is 61.9 Å². The van der Waals surface area contributed by atoms with Crippen molar-refractivity contribution in [3.8, 4) is 11.1 Å². The van der Waals surface area contributed by atoms with Crippen LogP contribution in [0.4, 0.5) is 4.79 Å². The second-order valence-corrected chi connectivity index (χ2v) is 8.51. The Morgan fingerprint density at radius 2 is 1.58 bits per heavy atom. The normalized spacial score (nSPS) is 14.0. The maximum Gasteiger partial charge on any atom is 0.407 e. The molecule has 0 saturated heterocycles. The van der Waals surface area contributed by atoms with Gasteiger partial charge in [0, 0.05) is 18.4 Å². The van der Waals surface area contributed by atoms with Crippen molar-refractivity contribution in [1.29, 1.82) is 0 Å². The number of benzene rings is 2. The number of amides is 2. The number of hydrogen-bond acceptors (Lipinski definition) is 4. The van der Waals surface area contributed by atoms with Crippen molar-refractivity contribution in [1.82, 2.24) is 10.6 Å². The van der Waals surface area contributed by atoms with E-state index in [1.165, 1.54) is 0 Å². The number of alkyl carbamates (subject to hydrolysis) is 1. The van der Waals surface area contributed by atoms with Crippen molar-refractivity contribution in [3.63, 3.8) is 0 Å².